The Morgan fingerprint density at radius 3 is 1.92 bits per heavy atom. The van der Waals surface area contributed by atoms with E-state index in [1.54, 1.807) is 0 Å². The smallest absolute Gasteiger partial charge is 0.234 e. The number of para-hydroxylation sites is 1. The zero-order chi connectivity index (χ0) is 32.6. The van der Waals surface area contributed by atoms with Gasteiger partial charge in [0.25, 0.3) is 0 Å². The van der Waals surface area contributed by atoms with E-state index in [2.05, 4.69) is 157 Å². The zero-order valence-corrected chi connectivity index (χ0v) is 27.1. The molecule has 0 amide bonds. The Bertz CT molecular complexity index is 2380. The number of pyridine rings is 1. The van der Waals surface area contributed by atoms with Gasteiger partial charge in [-0.05, 0) is 91.2 Å². The van der Waals surface area contributed by atoms with Crippen molar-refractivity contribution in [2.45, 2.75) is 26.2 Å². The molecule has 5 aromatic carbocycles. The summed E-state index contributed by atoms with van der Waals surface area (Å²) >= 11 is 0. The second kappa shape index (κ2) is 10.5. The van der Waals surface area contributed by atoms with Crippen molar-refractivity contribution < 1.29 is 0 Å². The molecule has 48 heavy (non-hydrogen) atoms. The maximum atomic E-state index is 5.09. The summed E-state index contributed by atoms with van der Waals surface area (Å²) in [5, 5.41) is 1.11. The fourth-order valence-electron chi connectivity index (χ4n) is 8.14. The van der Waals surface area contributed by atoms with Gasteiger partial charge in [-0.25, -0.2) is 9.98 Å². The van der Waals surface area contributed by atoms with Crippen LogP contribution in [0.25, 0.3) is 38.8 Å². The monoisotopic (exact) mass is 619 g/mol. The molecule has 1 aliphatic carbocycles. The van der Waals surface area contributed by atoms with Crippen LogP contribution in [0.2, 0.25) is 0 Å². The highest BCUT2D eigenvalue weighted by Crippen LogP contribution is 2.62. The van der Waals surface area contributed by atoms with Gasteiger partial charge < -0.3 is 4.57 Å². The van der Waals surface area contributed by atoms with Crippen molar-refractivity contribution in [1.29, 1.82) is 0 Å². The van der Waals surface area contributed by atoms with Crippen LogP contribution in [0, 0.1) is 13.8 Å². The van der Waals surface area contributed by atoms with E-state index in [9.17, 15) is 0 Å². The Balaban J connectivity index is 1.30. The van der Waals surface area contributed by atoms with Crippen LogP contribution in [-0.4, -0.2) is 22.2 Å². The number of benzene rings is 5. The highest BCUT2D eigenvalue weighted by atomic mass is 15.3. The molecule has 0 fully saturated rings. The number of anilines is 2. The Labute approximate surface area is 279 Å². The Morgan fingerprint density at radius 1 is 0.688 bits per heavy atom. The molecule has 3 heterocycles. The van der Waals surface area contributed by atoms with Crippen LogP contribution in [0.3, 0.4) is 0 Å². The Morgan fingerprint density at radius 2 is 1.27 bits per heavy atom. The molecule has 0 unspecified atom stereocenters. The minimum absolute atomic E-state index is 0.500. The van der Waals surface area contributed by atoms with E-state index in [4.69, 9.17) is 9.98 Å². The fraction of sp³-hybridized carbons (Fsp3) is 0.0930. The molecule has 0 atom stereocenters. The molecule has 0 saturated heterocycles. The third kappa shape index (κ3) is 3.76. The van der Waals surface area contributed by atoms with Crippen LogP contribution in [0.4, 0.5) is 11.4 Å². The molecule has 0 radical (unpaired) electrons. The van der Waals surface area contributed by atoms with Gasteiger partial charge >= 0.3 is 0 Å². The van der Waals surface area contributed by atoms with Crippen LogP contribution in [0.15, 0.2) is 144 Å². The number of hydrogen-bond donors (Lipinski definition) is 0. The van der Waals surface area contributed by atoms with E-state index < -0.39 is 5.41 Å². The average molecular weight is 620 g/mol. The molecule has 1 spiro atoms. The summed E-state index contributed by atoms with van der Waals surface area (Å²) in [5.41, 5.74) is 15.6. The molecule has 1 aliphatic heterocycles. The van der Waals surface area contributed by atoms with E-state index in [0.717, 1.165) is 39.0 Å². The fourth-order valence-corrected chi connectivity index (χ4v) is 8.14. The van der Waals surface area contributed by atoms with Crippen LogP contribution < -0.4 is 4.90 Å². The van der Waals surface area contributed by atoms with Gasteiger partial charge in [-0.1, -0.05) is 102 Å². The van der Waals surface area contributed by atoms with Gasteiger partial charge in [0, 0.05) is 17.3 Å². The standard InChI is InChI=1S/C43H33N5/c1-27-19-21-38-35(24-27)43(33-15-8-5-12-30(33)31-13-6-9-16-34(31)43)36-25-28(2)20-22-39(36)48(38)42(44-4)46-26-29(3)47-37-17-10-7-14-32(37)41-40(47)18-11-23-45-41/h5-26H,4H2,1-3H3/b29-26+,46-42?. The maximum Gasteiger partial charge on any atom is 0.234 e. The number of aryl methyl sites for hydroxylation is 2. The van der Waals surface area contributed by atoms with Crippen molar-refractivity contribution in [3.63, 3.8) is 0 Å². The van der Waals surface area contributed by atoms with Gasteiger partial charge in [0.05, 0.1) is 39.5 Å². The molecule has 0 N–H and O–H groups in total. The molecular weight excluding hydrogens is 587 g/mol. The minimum Gasteiger partial charge on any atom is -0.310 e. The van der Waals surface area contributed by atoms with Crippen molar-refractivity contribution in [3.05, 3.63) is 167 Å². The highest BCUT2D eigenvalue weighted by molar-refractivity contribution is 6.10. The molecule has 0 bridgehead atoms. The van der Waals surface area contributed by atoms with E-state index in [0.29, 0.717) is 5.96 Å². The lowest BCUT2D eigenvalue weighted by atomic mass is 9.64. The summed E-state index contributed by atoms with van der Waals surface area (Å²) in [5.74, 6) is 0.512. The van der Waals surface area contributed by atoms with Crippen LogP contribution in [0.5, 0.6) is 0 Å². The van der Waals surface area contributed by atoms with E-state index in [1.165, 1.54) is 44.5 Å². The van der Waals surface area contributed by atoms with E-state index in [1.807, 2.05) is 18.5 Å². The van der Waals surface area contributed by atoms with E-state index >= 15 is 0 Å². The number of hydrogen-bond acceptors (Lipinski definition) is 2. The lowest BCUT2D eigenvalue weighted by Crippen LogP contribution is -2.39. The number of rotatable bonds is 2. The topological polar surface area (TPSA) is 45.8 Å². The van der Waals surface area contributed by atoms with Gasteiger partial charge in [-0.15, -0.1) is 0 Å². The summed E-state index contributed by atoms with van der Waals surface area (Å²) in [7, 11) is 0. The first kappa shape index (κ1) is 28.2. The molecule has 5 heteroatoms. The lowest BCUT2D eigenvalue weighted by molar-refractivity contribution is 0.752. The third-order valence-electron chi connectivity index (χ3n) is 10.0. The number of aliphatic imine (C=N–C) groups is 2. The van der Waals surface area contributed by atoms with Gasteiger partial charge in [-0.3, -0.25) is 9.88 Å². The number of nitrogens with zero attached hydrogens (tertiary/aromatic N) is 5. The molecule has 9 rings (SSSR count). The predicted molar refractivity (Wildman–Crippen MR) is 200 cm³/mol. The molecule has 2 aromatic heterocycles. The molecule has 2 aliphatic rings. The lowest BCUT2D eigenvalue weighted by Gasteiger charge is -2.44. The average Bonchev–Trinajstić information content (AvgIpc) is 3.61. The maximum absolute atomic E-state index is 5.09. The number of allylic oxidation sites excluding steroid dienone is 1. The second-order valence-corrected chi connectivity index (χ2v) is 12.8. The van der Waals surface area contributed by atoms with Crippen molar-refractivity contribution in [1.82, 2.24) is 9.55 Å². The van der Waals surface area contributed by atoms with Crippen molar-refractivity contribution >= 4 is 51.7 Å². The minimum atomic E-state index is -0.500. The summed E-state index contributed by atoms with van der Waals surface area (Å²) < 4.78 is 2.22. The molecule has 0 saturated carbocycles. The summed E-state index contributed by atoms with van der Waals surface area (Å²) in [6.45, 7) is 10.5. The van der Waals surface area contributed by atoms with E-state index in [-0.39, 0.29) is 0 Å². The first-order chi connectivity index (χ1) is 23.5. The third-order valence-corrected chi connectivity index (χ3v) is 10.0. The molecule has 230 valence electrons. The van der Waals surface area contributed by atoms with Gasteiger partial charge in [0.2, 0.25) is 5.96 Å². The normalized spacial score (nSPS) is 14.6. The first-order valence-corrected chi connectivity index (χ1v) is 16.3. The highest BCUT2D eigenvalue weighted by Gasteiger charge is 2.52. The number of fused-ring (bicyclic) bond motifs is 12. The molecule has 5 nitrogen and oxygen atoms in total. The predicted octanol–water partition coefficient (Wildman–Crippen LogP) is 10.2. The molecule has 7 aromatic rings. The molecular formula is C43H33N5. The summed E-state index contributed by atoms with van der Waals surface area (Å²) in [6.07, 6.45) is 3.74. The Hall–Kier alpha value is -6.07. The SMILES string of the molecule is C=NC(=N/C=C(\C)n1c2ccccc2c2ncccc21)N1c2ccc(C)cc2C2(c3ccccc3-c3ccccc32)c2cc(C)ccc21. The van der Waals surface area contributed by atoms with Crippen LogP contribution >= 0.6 is 0 Å². The quantitative estimate of drug-likeness (QED) is 0.143. The Kier molecular flexibility index (Phi) is 6.15. The van der Waals surface area contributed by atoms with Crippen LogP contribution in [0.1, 0.15) is 40.3 Å². The second-order valence-electron chi connectivity index (χ2n) is 12.8. The summed E-state index contributed by atoms with van der Waals surface area (Å²) in [4.78, 5) is 16.6. The van der Waals surface area contributed by atoms with Gasteiger partial charge in [0.15, 0.2) is 0 Å². The van der Waals surface area contributed by atoms with Gasteiger partial charge in [0.1, 0.15) is 0 Å². The van der Waals surface area contributed by atoms with Crippen molar-refractivity contribution in [2.75, 3.05) is 4.90 Å². The summed E-state index contributed by atoms with van der Waals surface area (Å²) in [6, 6.07) is 43.7. The zero-order valence-electron chi connectivity index (χ0n) is 27.1. The number of guanidine groups is 1. The largest absolute Gasteiger partial charge is 0.310 e. The van der Waals surface area contributed by atoms with Crippen LogP contribution in [-0.2, 0) is 5.41 Å². The first-order valence-electron chi connectivity index (χ1n) is 16.3. The van der Waals surface area contributed by atoms with Crippen molar-refractivity contribution in [3.8, 4) is 11.1 Å². The van der Waals surface area contributed by atoms with Gasteiger partial charge in [-0.2, -0.15) is 0 Å². The number of aromatic nitrogens is 2. The van der Waals surface area contributed by atoms with Crippen molar-refractivity contribution in [2.24, 2.45) is 9.98 Å².